The summed E-state index contributed by atoms with van der Waals surface area (Å²) in [5, 5.41) is 4.73. The monoisotopic (exact) mass is 388 g/mol. The highest BCUT2D eigenvalue weighted by Gasteiger charge is 2.21. The molecule has 0 spiro atoms. The van der Waals surface area contributed by atoms with Gasteiger partial charge in [-0.15, -0.1) is 0 Å². The Morgan fingerprint density at radius 2 is 1.85 bits per heavy atom. The van der Waals surface area contributed by atoms with Crippen LogP contribution in [0.5, 0.6) is 0 Å². The Bertz CT molecular complexity index is 986. The zero-order valence-corrected chi connectivity index (χ0v) is 15.2. The topological polar surface area (TPSA) is 68.3 Å². The van der Waals surface area contributed by atoms with Gasteiger partial charge in [-0.05, 0) is 29.8 Å². The van der Waals surface area contributed by atoms with Crippen LogP contribution in [0.2, 0.25) is 10.0 Å². The van der Waals surface area contributed by atoms with Crippen LogP contribution >= 0.6 is 23.2 Å². The average Bonchev–Trinajstić information content (AvgIpc) is 2.63. The summed E-state index contributed by atoms with van der Waals surface area (Å²) in [4.78, 5) is 28.7. The number of ether oxygens (including phenoxy) is 1. The van der Waals surface area contributed by atoms with Gasteiger partial charge < -0.3 is 10.1 Å². The molecule has 3 aromatic rings. The molecule has 0 aliphatic heterocycles. The number of hydrogen-bond acceptors (Lipinski definition) is 4. The van der Waals surface area contributed by atoms with Gasteiger partial charge >= 0.3 is 5.97 Å². The van der Waals surface area contributed by atoms with E-state index in [9.17, 15) is 9.59 Å². The summed E-state index contributed by atoms with van der Waals surface area (Å²) in [6, 6.07) is 14.2. The van der Waals surface area contributed by atoms with Crippen molar-refractivity contribution in [1.29, 1.82) is 0 Å². The van der Waals surface area contributed by atoms with Crippen LogP contribution in [0.3, 0.4) is 0 Å². The van der Waals surface area contributed by atoms with Gasteiger partial charge in [0.2, 0.25) is 0 Å². The number of rotatable bonds is 4. The minimum absolute atomic E-state index is 0.147. The Morgan fingerprint density at radius 3 is 2.62 bits per heavy atom. The van der Waals surface area contributed by atoms with E-state index in [4.69, 9.17) is 27.9 Å². The zero-order chi connectivity index (χ0) is 18.7. The Hall–Kier alpha value is -2.63. The van der Waals surface area contributed by atoms with E-state index in [0.29, 0.717) is 10.6 Å². The normalized spacial score (nSPS) is 11.8. The maximum absolute atomic E-state index is 12.5. The number of nitrogens with one attached hydrogen (secondary N) is 1. The van der Waals surface area contributed by atoms with E-state index in [1.807, 2.05) is 30.3 Å². The van der Waals surface area contributed by atoms with Crippen LogP contribution in [0.4, 0.5) is 5.82 Å². The van der Waals surface area contributed by atoms with Crippen molar-refractivity contribution in [2.24, 2.45) is 0 Å². The van der Waals surface area contributed by atoms with Crippen molar-refractivity contribution in [3.8, 4) is 0 Å². The molecule has 0 radical (unpaired) electrons. The van der Waals surface area contributed by atoms with Crippen LogP contribution in [0.15, 0.2) is 54.7 Å². The maximum atomic E-state index is 12.5. The molecule has 7 heteroatoms. The summed E-state index contributed by atoms with van der Waals surface area (Å²) in [6.07, 6.45) is 0.325. The first-order valence-corrected chi connectivity index (χ1v) is 8.52. The molecule has 0 unspecified atom stereocenters. The number of benzene rings is 2. The first kappa shape index (κ1) is 18.2. The van der Waals surface area contributed by atoms with E-state index in [2.05, 4.69) is 10.3 Å². The minimum atomic E-state index is -1.03. The lowest BCUT2D eigenvalue weighted by Gasteiger charge is -2.14. The number of hydrogen-bond donors (Lipinski definition) is 1. The predicted octanol–water partition coefficient (Wildman–Crippen LogP) is 4.73. The molecular weight excluding hydrogens is 375 g/mol. The van der Waals surface area contributed by atoms with Crippen molar-refractivity contribution < 1.29 is 14.3 Å². The second-order valence-corrected chi connectivity index (χ2v) is 6.39. The number of anilines is 1. The SMILES string of the molecule is C[C@@H](OC(=O)c1cccc2ccccc12)C(=O)Nc1ncc(Cl)cc1Cl. The zero-order valence-electron chi connectivity index (χ0n) is 13.7. The third-order valence-electron chi connectivity index (χ3n) is 3.71. The summed E-state index contributed by atoms with van der Waals surface area (Å²) in [7, 11) is 0. The number of carbonyl (C=O) groups excluding carboxylic acids is 2. The number of aromatic nitrogens is 1. The maximum Gasteiger partial charge on any atom is 0.339 e. The molecular formula is C19H14Cl2N2O3. The molecule has 1 amide bonds. The second-order valence-electron chi connectivity index (χ2n) is 5.55. The van der Waals surface area contributed by atoms with Crippen molar-refractivity contribution in [3.63, 3.8) is 0 Å². The van der Waals surface area contributed by atoms with Crippen molar-refractivity contribution >= 4 is 51.7 Å². The van der Waals surface area contributed by atoms with Crippen molar-refractivity contribution in [2.45, 2.75) is 13.0 Å². The largest absolute Gasteiger partial charge is 0.449 e. The fourth-order valence-corrected chi connectivity index (χ4v) is 2.83. The van der Waals surface area contributed by atoms with Crippen molar-refractivity contribution in [3.05, 3.63) is 70.3 Å². The molecule has 0 aliphatic carbocycles. The van der Waals surface area contributed by atoms with Crippen LogP contribution in [-0.4, -0.2) is 23.0 Å². The van der Waals surface area contributed by atoms with Gasteiger partial charge in [0.15, 0.2) is 11.9 Å². The summed E-state index contributed by atoms with van der Waals surface area (Å²) in [6.45, 7) is 1.47. The molecule has 1 aromatic heterocycles. The number of esters is 1. The standard InChI is InChI=1S/C19H14Cl2N2O3/c1-11(18(24)23-17-16(21)9-13(20)10-22-17)26-19(25)15-8-4-6-12-5-2-3-7-14(12)15/h2-11H,1H3,(H,22,23,24)/t11-/m1/s1. The van der Waals surface area contributed by atoms with Gasteiger partial charge in [0.25, 0.3) is 5.91 Å². The summed E-state index contributed by atoms with van der Waals surface area (Å²) >= 11 is 11.7. The fourth-order valence-electron chi connectivity index (χ4n) is 2.41. The molecule has 0 aliphatic rings. The summed E-state index contributed by atoms with van der Waals surface area (Å²) in [5.74, 6) is -0.982. The average molecular weight is 389 g/mol. The molecule has 0 fully saturated rings. The van der Waals surface area contributed by atoms with E-state index >= 15 is 0 Å². The number of carbonyl (C=O) groups is 2. The minimum Gasteiger partial charge on any atom is -0.449 e. The van der Waals surface area contributed by atoms with Crippen LogP contribution in [0, 0.1) is 0 Å². The third kappa shape index (κ3) is 3.95. The van der Waals surface area contributed by atoms with E-state index in [1.165, 1.54) is 19.2 Å². The van der Waals surface area contributed by atoms with Gasteiger partial charge in [0.1, 0.15) is 0 Å². The molecule has 0 saturated heterocycles. The lowest BCUT2D eigenvalue weighted by molar-refractivity contribution is -0.123. The third-order valence-corrected chi connectivity index (χ3v) is 4.21. The molecule has 1 N–H and O–H groups in total. The van der Waals surface area contributed by atoms with Crippen LogP contribution in [0.25, 0.3) is 10.8 Å². The molecule has 3 rings (SSSR count). The van der Waals surface area contributed by atoms with E-state index in [1.54, 1.807) is 12.1 Å². The number of amides is 1. The highest BCUT2D eigenvalue weighted by molar-refractivity contribution is 6.36. The molecule has 132 valence electrons. The first-order chi connectivity index (χ1) is 12.5. The van der Waals surface area contributed by atoms with Gasteiger partial charge in [-0.1, -0.05) is 59.6 Å². The van der Waals surface area contributed by atoms with Gasteiger partial charge in [0, 0.05) is 6.20 Å². The van der Waals surface area contributed by atoms with E-state index in [0.717, 1.165) is 10.8 Å². The lowest BCUT2D eigenvalue weighted by Crippen LogP contribution is -2.30. The van der Waals surface area contributed by atoms with Crippen molar-refractivity contribution in [1.82, 2.24) is 4.98 Å². The molecule has 5 nitrogen and oxygen atoms in total. The van der Waals surface area contributed by atoms with E-state index in [-0.39, 0.29) is 10.8 Å². The molecule has 1 atom stereocenters. The Morgan fingerprint density at radius 1 is 1.12 bits per heavy atom. The van der Waals surface area contributed by atoms with E-state index < -0.39 is 18.0 Å². The van der Waals surface area contributed by atoms with Gasteiger partial charge in [-0.2, -0.15) is 0 Å². The van der Waals surface area contributed by atoms with Crippen molar-refractivity contribution in [2.75, 3.05) is 5.32 Å². The summed E-state index contributed by atoms with van der Waals surface area (Å²) < 4.78 is 5.29. The van der Waals surface area contributed by atoms with Crippen LogP contribution in [0.1, 0.15) is 17.3 Å². The Kier molecular flexibility index (Phi) is 5.40. The number of pyridine rings is 1. The smallest absolute Gasteiger partial charge is 0.339 e. The Balaban J connectivity index is 1.73. The lowest BCUT2D eigenvalue weighted by atomic mass is 10.0. The fraction of sp³-hybridized carbons (Fsp3) is 0.105. The van der Waals surface area contributed by atoms with Crippen LogP contribution in [-0.2, 0) is 9.53 Å². The highest BCUT2D eigenvalue weighted by Crippen LogP contribution is 2.23. The van der Waals surface area contributed by atoms with Crippen LogP contribution < -0.4 is 5.32 Å². The van der Waals surface area contributed by atoms with Gasteiger partial charge in [0.05, 0.1) is 15.6 Å². The second kappa shape index (κ2) is 7.72. The summed E-state index contributed by atoms with van der Waals surface area (Å²) in [5.41, 5.74) is 0.394. The quantitative estimate of drug-likeness (QED) is 0.656. The molecule has 26 heavy (non-hydrogen) atoms. The predicted molar refractivity (Wildman–Crippen MR) is 102 cm³/mol. The van der Waals surface area contributed by atoms with Gasteiger partial charge in [-0.3, -0.25) is 4.79 Å². The first-order valence-electron chi connectivity index (χ1n) is 7.76. The number of fused-ring (bicyclic) bond motifs is 1. The molecule has 0 saturated carbocycles. The number of halogens is 2. The molecule has 0 bridgehead atoms. The molecule has 2 aromatic carbocycles. The van der Waals surface area contributed by atoms with Gasteiger partial charge in [-0.25, -0.2) is 9.78 Å². The molecule has 1 heterocycles. The highest BCUT2D eigenvalue weighted by atomic mass is 35.5. The Labute approximate surface area is 159 Å². The number of nitrogens with zero attached hydrogens (tertiary/aromatic N) is 1.